The molecule has 1 heterocycles. The summed E-state index contributed by atoms with van der Waals surface area (Å²) in [6, 6.07) is 7.49. The fourth-order valence-corrected chi connectivity index (χ4v) is 2.43. The second-order valence-corrected chi connectivity index (χ2v) is 5.27. The number of anilines is 1. The molecule has 0 atom stereocenters. The summed E-state index contributed by atoms with van der Waals surface area (Å²) < 4.78 is 44.4. The largest absolute Gasteiger partial charge is 0.573 e. The number of rotatable bonds is 4. The second kappa shape index (κ2) is 6.69. The van der Waals surface area contributed by atoms with Crippen molar-refractivity contribution in [3.05, 3.63) is 46.8 Å². The minimum absolute atomic E-state index is 0.146. The van der Waals surface area contributed by atoms with Gasteiger partial charge in [-0.3, -0.25) is 4.79 Å². The monoisotopic (exact) mass is 345 g/mol. The van der Waals surface area contributed by atoms with Crippen molar-refractivity contribution in [1.29, 1.82) is 0 Å². The van der Waals surface area contributed by atoms with Gasteiger partial charge in [0.2, 0.25) is 0 Å². The molecule has 0 fully saturated rings. The summed E-state index contributed by atoms with van der Waals surface area (Å²) in [6.45, 7) is 0. The third-order valence-corrected chi connectivity index (χ3v) is 3.56. The average molecular weight is 345 g/mol. The minimum atomic E-state index is -4.79. The lowest BCUT2D eigenvalue weighted by atomic mass is 10.2. The lowest BCUT2D eigenvalue weighted by Gasteiger charge is -2.09. The van der Waals surface area contributed by atoms with E-state index in [2.05, 4.69) is 14.8 Å². The van der Waals surface area contributed by atoms with Crippen LogP contribution >= 0.6 is 11.3 Å². The summed E-state index contributed by atoms with van der Waals surface area (Å²) in [7, 11) is 1.24. The first-order valence-electron chi connectivity index (χ1n) is 6.14. The van der Waals surface area contributed by atoms with E-state index >= 15 is 0 Å². The van der Waals surface area contributed by atoms with Crippen molar-refractivity contribution in [2.75, 3.05) is 12.4 Å². The molecule has 1 amide bonds. The van der Waals surface area contributed by atoms with Gasteiger partial charge in [0, 0.05) is 5.56 Å². The van der Waals surface area contributed by atoms with E-state index in [1.165, 1.54) is 31.4 Å². The molecular formula is C14H10F3NO4S. The van der Waals surface area contributed by atoms with Crippen LogP contribution in [0.4, 0.5) is 18.2 Å². The highest BCUT2D eigenvalue weighted by molar-refractivity contribution is 7.18. The van der Waals surface area contributed by atoms with Crippen LogP contribution in [-0.2, 0) is 4.74 Å². The Hall–Kier alpha value is -2.55. The van der Waals surface area contributed by atoms with Crippen LogP contribution in [-0.4, -0.2) is 25.3 Å². The van der Waals surface area contributed by atoms with Crippen molar-refractivity contribution in [2.24, 2.45) is 0 Å². The molecule has 0 bridgehead atoms. The number of esters is 1. The van der Waals surface area contributed by atoms with Gasteiger partial charge in [-0.05, 0) is 36.4 Å². The Kier molecular flexibility index (Phi) is 4.89. The van der Waals surface area contributed by atoms with E-state index in [0.717, 1.165) is 23.5 Å². The summed E-state index contributed by atoms with van der Waals surface area (Å²) in [5.74, 6) is -1.47. The Morgan fingerprint density at radius 2 is 1.74 bits per heavy atom. The molecule has 2 rings (SSSR count). The number of amides is 1. The molecule has 5 nitrogen and oxygen atoms in total. The first kappa shape index (κ1) is 16.8. The van der Waals surface area contributed by atoms with Crippen molar-refractivity contribution in [2.45, 2.75) is 6.36 Å². The summed E-state index contributed by atoms with van der Waals surface area (Å²) in [5, 5.41) is 2.94. The Morgan fingerprint density at radius 1 is 1.09 bits per heavy atom. The molecule has 2 aromatic rings. The van der Waals surface area contributed by atoms with Gasteiger partial charge in [0.05, 0.1) is 12.1 Å². The lowest BCUT2D eigenvalue weighted by molar-refractivity contribution is -0.274. The zero-order chi connectivity index (χ0) is 17.0. The summed E-state index contributed by atoms with van der Waals surface area (Å²) in [5.41, 5.74) is 0.146. The van der Waals surface area contributed by atoms with E-state index in [9.17, 15) is 22.8 Å². The van der Waals surface area contributed by atoms with Crippen molar-refractivity contribution in [3.8, 4) is 5.75 Å². The van der Waals surface area contributed by atoms with Crippen LogP contribution < -0.4 is 10.1 Å². The predicted molar refractivity (Wildman–Crippen MR) is 76.7 cm³/mol. The third-order valence-electron chi connectivity index (χ3n) is 2.58. The number of ether oxygens (including phenoxy) is 2. The van der Waals surface area contributed by atoms with Crippen LogP contribution in [0.15, 0.2) is 36.4 Å². The maximum atomic E-state index is 12.0. The zero-order valence-electron chi connectivity index (χ0n) is 11.6. The SMILES string of the molecule is COC(=O)c1ccc(NC(=O)c2ccc(OC(F)(F)F)cc2)s1. The molecule has 1 N–H and O–H groups in total. The van der Waals surface area contributed by atoms with Gasteiger partial charge < -0.3 is 14.8 Å². The first-order chi connectivity index (χ1) is 10.8. The van der Waals surface area contributed by atoms with E-state index in [-0.39, 0.29) is 5.56 Å². The Morgan fingerprint density at radius 3 is 2.30 bits per heavy atom. The number of benzene rings is 1. The van der Waals surface area contributed by atoms with Crippen molar-refractivity contribution in [3.63, 3.8) is 0 Å². The molecule has 0 saturated carbocycles. The van der Waals surface area contributed by atoms with E-state index in [1.54, 1.807) is 0 Å². The molecule has 0 saturated heterocycles. The average Bonchev–Trinajstić information content (AvgIpc) is 2.94. The highest BCUT2D eigenvalue weighted by Crippen LogP contribution is 2.25. The molecule has 0 aliphatic carbocycles. The van der Waals surface area contributed by atoms with Crippen molar-refractivity contribution >= 4 is 28.2 Å². The molecule has 0 aliphatic heterocycles. The normalized spacial score (nSPS) is 11.0. The highest BCUT2D eigenvalue weighted by Gasteiger charge is 2.31. The number of hydrogen-bond acceptors (Lipinski definition) is 5. The van der Waals surface area contributed by atoms with E-state index in [4.69, 9.17) is 0 Å². The molecule has 0 spiro atoms. The number of thiophene rings is 1. The first-order valence-corrected chi connectivity index (χ1v) is 6.95. The van der Waals surface area contributed by atoms with Gasteiger partial charge >= 0.3 is 12.3 Å². The van der Waals surface area contributed by atoms with Gasteiger partial charge in [-0.25, -0.2) is 4.79 Å². The number of alkyl halides is 3. The maximum Gasteiger partial charge on any atom is 0.573 e. The number of carbonyl (C=O) groups excluding carboxylic acids is 2. The summed E-state index contributed by atoms with van der Waals surface area (Å²) >= 11 is 1.02. The van der Waals surface area contributed by atoms with Gasteiger partial charge in [-0.1, -0.05) is 0 Å². The molecule has 1 aromatic carbocycles. The number of halogens is 3. The minimum Gasteiger partial charge on any atom is -0.465 e. The predicted octanol–water partition coefficient (Wildman–Crippen LogP) is 3.69. The molecule has 0 radical (unpaired) electrons. The van der Waals surface area contributed by atoms with Crippen LogP contribution in [0.3, 0.4) is 0 Å². The molecule has 23 heavy (non-hydrogen) atoms. The fraction of sp³-hybridized carbons (Fsp3) is 0.143. The topological polar surface area (TPSA) is 64.6 Å². The molecule has 0 aliphatic rings. The molecule has 122 valence electrons. The van der Waals surface area contributed by atoms with Crippen LogP contribution in [0, 0.1) is 0 Å². The highest BCUT2D eigenvalue weighted by atomic mass is 32.1. The zero-order valence-corrected chi connectivity index (χ0v) is 12.5. The van der Waals surface area contributed by atoms with Gasteiger partial charge in [-0.2, -0.15) is 0 Å². The van der Waals surface area contributed by atoms with Crippen molar-refractivity contribution < 1.29 is 32.2 Å². The Bertz CT molecular complexity index is 710. The Balaban J connectivity index is 2.03. The summed E-state index contributed by atoms with van der Waals surface area (Å²) in [6.07, 6.45) is -4.79. The second-order valence-electron chi connectivity index (χ2n) is 4.18. The molecule has 0 unspecified atom stereocenters. The van der Waals surface area contributed by atoms with Gasteiger partial charge in [0.25, 0.3) is 5.91 Å². The number of methoxy groups -OCH3 is 1. The van der Waals surface area contributed by atoms with Crippen LogP contribution in [0.2, 0.25) is 0 Å². The van der Waals surface area contributed by atoms with E-state index in [0.29, 0.717) is 9.88 Å². The number of nitrogens with one attached hydrogen (secondary N) is 1. The smallest absolute Gasteiger partial charge is 0.465 e. The number of carbonyl (C=O) groups is 2. The van der Waals surface area contributed by atoms with Crippen LogP contribution in [0.5, 0.6) is 5.75 Å². The Labute approximate surface area is 132 Å². The molecule has 9 heteroatoms. The maximum absolute atomic E-state index is 12.0. The molecular weight excluding hydrogens is 335 g/mol. The fourth-order valence-electron chi connectivity index (χ4n) is 1.61. The van der Waals surface area contributed by atoms with E-state index in [1.807, 2.05) is 0 Å². The van der Waals surface area contributed by atoms with E-state index < -0.39 is 24.0 Å². The van der Waals surface area contributed by atoms with Gasteiger partial charge in [-0.15, -0.1) is 24.5 Å². The van der Waals surface area contributed by atoms with Crippen LogP contribution in [0.25, 0.3) is 0 Å². The lowest BCUT2D eigenvalue weighted by Crippen LogP contribution is -2.17. The number of hydrogen-bond donors (Lipinski definition) is 1. The van der Waals surface area contributed by atoms with Crippen molar-refractivity contribution in [1.82, 2.24) is 0 Å². The van der Waals surface area contributed by atoms with Gasteiger partial charge in [0.15, 0.2) is 0 Å². The quantitative estimate of drug-likeness (QED) is 0.859. The van der Waals surface area contributed by atoms with Crippen LogP contribution in [0.1, 0.15) is 20.0 Å². The molecule has 1 aromatic heterocycles. The summed E-state index contributed by atoms with van der Waals surface area (Å²) in [4.78, 5) is 23.6. The third kappa shape index (κ3) is 4.71. The standard InChI is InChI=1S/C14H10F3NO4S/c1-21-13(20)10-6-7-11(23-10)18-12(19)8-2-4-9(5-3-8)22-14(15,16)17/h2-7H,1H3,(H,18,19). The van der Waals surface area contributed by atoms with Gasteiger partial charge in [0.1, 0.15) is 10.6 Å².